The number of halogens is 1. The number of aromatic nitrogens is 2. The molecule has 4 rings (SSSR count). The van der Waals surface area contributed by atoms with E-state index in [9.17, 15) is 9.18 Å². The van der Waals surface area contributed by atoms with Gasteiger partial charge in [-0.25, -0.2) is 4.39 Å². The lowest BCUT2D eigenvalue weighted by Gasteiger charge is -2.28. The molecule has 0 aliphatic carbocycles. The Kier molecular flexibility index (Phi) is 6.23. The van der Waals surface area contributed by atoms with Crippen molar-refractivity contribution in [3.63, 3.8) is 0 Å². The molecule has 3 aromatic rings. The lowest BCUT2D eigenvalue weighted by atomic mass is 9.96. The molecule has 1 aromatic carbocycles. The molecule has 0 radical (unpaired) electrons. The Hall–Kier alpha value is -3.26. The molecule has 32 heavy (non-hydrogen) atoms. The third-order valence-electron chi connectivity index (χ3n) is 6.04. The number of rotatable bonds is 6. The minimum atomic E-state index is -0.339. The van der Waals surface area contributed by atoms with Gasteiger partial charge in [-0.3, -0.25) is 9.78 Å². The maximum absolute atomic E-state index is 13.1. The molecule has 0 bridgehead atoms. The zero-order chi connectivity index (χ0) is 22.8. The smallest absolute Gasteiger partial charge is 0.226 e. The molecular weight excluding hydrogens is 425 g/mol. The average molecular weight is 452 g/mol. The predicted molar refractivity (Wildman–Crippen MR) is 127 cm³/mol. The van der Waals surface area contributed by atoms with Crippen LogP contribution in [-0.4, -0.2) is 32.0 Å². The van der Waals surface area contributed by atoms with Gasteiger partial charge in [-0.05, 0) is 74.1 Å². The Morgan fingerprint density at radius 3 is 2.59 bits per heavy atom. The highest BCUT2D eigenvalue weighted by atomic mass is 32.1. The van der Waals surface area contributed by atoms with Crippen LogP contribution in [0.5, 0.6) is 0 Å². The molecule has 1 aliphatic heterocycles. The van der Waals surface area contributed by atoms with Crippen molar-refractivity contribution < 1.29 is 9.18 Å². The Labute approximate surface area is 192 Å². The first-order valence-electron chi connectivity index (χ1n) is 10.5. The topological polar surface area (TPSA) is 62.2 Å². The molecule has 1 fully saturated rings. The van der Waals surface area contributed by atoms with E-state index in [-0.39, 0.29) is 30.2 Å². The van der Waals surface area contributed by atoms with Gasteiger partial charge in [0.2, 0.25) is 5.91 Å². The van der Waals surface area contributed by atoms with Crippen LogP contribution in [-0.2, 0) is 11.8 Å². The minimum absolute atomic E-state index is 0.0871. The minimum Gasteiger partial charge on any atom is -0.352 e. The summed E-state index contributed by atoms with van der Waals surface area (Å²) in [7, 11) is 2.05. The average Bonchev–Trinajstić information content (AvgIpc) is 3.25. The summed E-state index contributed by atoms with van der Waals surface area (Å²) in [6, 6.07) is 13.6. The van der Waals surface area contributed by atoms with Gasteiger partial charge >= 0.3 is 0 Å². The number of thiocarbonyl (C=S) groups is 1. The summed E-state index contributed by atoms with van der Waals surface area (Å²) in [6.07, 6.45) is 2.02. The first-order valence-corrected chi connectivity index (χ1v) is 10.9. The highest BCUT2D eigenvalue weighted by Crippen LogP contribution is 2.40. The van der Waals surface area contributed by atoms with Gasteiger partial charge in [0.25, 0.3) is 0 Å². The van der Waals surface area contributed by atoms with E-state index >= 15 is 0 Å². The molecule has 2 aromatic heterocycles. The summed E-state index contributed by atoms with van der Waals surface area (Å²) in [4.78, 5) is 19.2. The second-order valence-corrected chi connectivity index (χ2v) is 8.40. The molecule has 1 saturated heterocycles. The zero-order valence-corrected chi connectivity index (χ0v) is 19.1. The summed E-state index contributed by atoms with van der Waals surface area (Å²) in [5, 5.41) is 6.83. The first-order chi connectivity index (χ1) is 15.3. The number of hydrogen-bond acceptors (Lipinski definition) is 3. The van der Waals surface area contributed by atoms with Crippen LogP contribution in [0.2, 0.25) is 0 Å². The number of amides is 1. The van der Waals surface area contributed by atoms with Crippen molar-refractivity contribution in [1.82, 2.24) is 19.8 Å². The van der Waals surface area contributed by atoms with E-state index in [0.717, 1.165) is 22.6 Å². The van der Waals surface area contributed by atoms with Crippen LogP contribution >= 0.6 is 12.2 Å². The molecule has 0 spiro atoms. The van der Waals surface area contributed by atoms with Crippen molar-refractivity contribution in [2.24, 2.45) is 7.05 Å². The van der Waals surface area contributed by atoms with Gasteiger partial charge in [-0.2, -0.15) is 0 Å². The summed E-state index contributed by atoms with van der Waals surface area (Å²) >= 11 is 5.68. The molecule has 1 aliphatic rings. The zero-order valence-electron chi connectivity index (χ0n) is 18.3. The number of nitrogens with zero attached hydrogens (tertiary/aromatic N) is 3. The van der Waals surface area contributed by atoms with Crippen LogP contribution < -0.4 is 10.6 Å². The van der Waals surface area contributed by atoms with Crippen molar-refractivity contribution in [1.29, 1.82) is 0 Å². The van der Waals surface area contributed by atoms with E-state index in [0.29, 0.717) is 17.3 Å². The number of carbonyl (C=O) groups is 1. The van der Waals surface area contributed by atoms with Gasteiger partial charge in [0.15, 0.2) is 5.11 Å². The van der Waals surface area contributed by atoms with Crippen molar-refractivity contribution in [3.05, 3.63) is 83.2 Å². The van der Waals surface area contributed by atoms with Crippen molar-refractivity contribution in [2.45, 2.75) is 32.4 Å². The van der Waals surface area contributed by atoms with Gasteiger partial charge < -0.3 is 20.1 Å². The third kappa shape index (κ3) is 4.36. The van der Waals surface area contributed by atoms with Crippen LogP contribution in [0.25, 0.3) is 0 Å². The number of hydrogen-bond donors (Lipinski definition) is 2. The monoisotopic (exact) mass is 451 g/mol. The Balaban J connectivity index is 1.57. The summed E-state index contributed by atoms with van der Waals surface area (Å²) in [5.41, 5.74) is 4.94. The van der Waals surface area contributed by atoms with Crippen molar-refractivity contribution >= 4 is 28.9 Å². The van der Waals surface area contributed by atoms with E-state index < -0.39 is 0 Å². The maximum Gasteiger partial charge on any atom is 0.226 e. The molecule has 2 N–H and O–H groups in total. The Morgan fingerprint density at radius 1 is 1.22 bits per heavy atom. The second-order valence-electron chi connectivity index (χ2n) is 8.01. The lowest BCUT2D eigenvalue weighted by Crippen LogP contribution is -2.32. The third-order valence-corrected chi connectivity index (χ3v) is 6.39. The van der Waals surface area contributed by atoms with Crippen molar-refractivity contribution in [3.8, 4) is 0 Å². The number of nitrogens with one attached hydrogen (secondary N) is 2. The van der Waals surface area contributed by atoms with Crippen LogP contribution in [0.4, 0.5) is 10.1 Å². The number of carbonyl (C=O) groups excluding carboxylic acids is 1. The highest BCUT2D eigenvalue weighted by Gasteiger charge is 2.41. The molecular formula is C24H26FN5OS. The fourth-order valence-electron chi connectivity index (χ4n) is 4.15. The fourth-order valence-corrected chi connectivity index (χ4v) is 4.48. The van der Waals surface area contributed by atoms with E-state index in [1.807, 2.05) is 25.2 Å². The molecule has 3 heterocycles. The SMILES string of the molecule is Cc1cc(C2C(c3ccccn3)NC(=S)N2CCC(=O)Nc2ccc(F)cc2)c(C)n1C. The quantitative estimate of drug-likeness (QED) is 0.551. The predicted octanol–water partition coefficient (Wildman–Crippen LogP) is 4.18. The standard InChI is InChI=1S/C24H26FN5OS/c1-15-14-19(16(2)29(15)3)23-22(20-6-4-5-12-26-20)28-24(32)30(23)13-11-21(31)27-18-9-7-17(25)8-10-18/h4-10,12,14,22-23H,11,13H2,1-3H3,(H,27,31)(H,28,32). The van der Waals surface area contributed by atoms with Gasteiger partial charge in [0.1, 0.15) is 5.82 Å². The van der Waals surface area contributed by atoms with E-state index in [4.69, 9.17) is 12.2 Å². The molecule has 8 heteroatoms. The first kappa shape index (κ1) is 22.0. The Bertz CT molecular complexity index is 1130. The number of anilines is 1. The van der Waals surface area contributed by atoms with Gasteiger partial charge in [0.05, 0.1) is 17.8 Å². The van der Waals surface area contributed by atoms with Crippen LogP contribution in [0.15, 0.2) is 54.7 Å². The molecule has 0 saturated carbocycles. The van der Waals surface area contributed by atoms with Gasteiger partial charge in [-0.15, -0.1) is 0 Å². The second kappa shape index (κ2) is 9.08. The summed E-state index contributed by atoms with van der Waals surface area (Å²) in [5.74, 6) is -0.492. The molecule has 2 unspecified atom stereocenters. The lowest BCUT2D eigenvalue weighted by molar-refractivity contribution is -0.116. The van der Waals surface area contributed by atoms with Crippen LogP contribution in [0.3, 0.4) is 0 Å². The van der Waals surface area contributed by atoms with Crippen LogP contribution in [0, 0.1) is 19.7 Å². The maximum atomic E-state index is 13.1. The molecule has 6 nitrogen and oxygen atoms in total. The van der Waals surface area contributed by atoms with E-state index in [2.05, 4.69) is 45.0 Å². The normalized spacial score (nSPS) is 18.0. The largest absolute Gasteiger partial charge is 0.352 e. The fraction of sp³-hybridized carbons (Fsp3) is 0.292. The highest BCUT2D eigenvalue weighted by molar-refractivity contribution is 7.80. The van der Waals surface area contributed by atoms with Crippen molar-refractivity contribution in [2.75, 3.05) is 11.9 Å². The number of benzene rings is 1. The molecule has 166 valence electrons. The number of pyridine rings is 1. The molecule has 1 amide bonds. The molecule has 2 atom stereocenters. The Morgan fingerprint density at radius 2 is 1.97 bits per heavy atom. The van der Waals surface area contributed by atoms with Gasteiger partial charge in [0, 0.05) is 43.3 Å². The van der Waals surface area contributed by atoms with Crippen LogP contribution in [0.1, 0.15) is 41.1 Å². The summed E-state index contributed by atoms with van der Waals surface area (Å²) in [6.45, 7) is 4.62. The van der Waals surface area contributed by atoms with E-state index in [1.54, 1.807) is 18.3 Å². The number of aryl methyl sites for hydroxylation is 1. The van der Waals surface area contributed by atoms with E-state index in [1.165, 1.54) is 12.1 Å². The van der Waals surface area contributed by atoms with Gasteiger partial charge in [-0.1, -0.05) is 6.07 Å². The summed E-state index contributed by atoms with van der Waals surface area (Å²) < 4.78 is 15.3.